The predicted molar refractivity (Wildman–Crippen MR) is 149 cm³/mol. The first-order valence-electron chi connectivity index (χ1n) is 13.0. The quantitative estimate of drug-likeness (QED) is 0.265. The van der Waals surface area contributed by atoms with Gasteiger partial charge in [-0.1, -0.05) is 109 Å². The summed E-state index contributed by atoms with van der Waals surface area (Å²) in [6.07, 6.45) is 0.474. The number of amides is 2. The fraction of sp³-hybridized carbons (Fsp3) is 0.212. The third-order valence-corrected chi connectivity index (χ3v) is 6.70. The zero-order valence-electron chi connectivity index (χ0n) is 21.6. The zero-order valence-corrected chi connectivity index (χ0v) is 21.6. The summed E-state index contributed by atoms with van der Waals surface area (Å²) in [6.45, 7) is 2.28. The van der Waals surface area contributed by atoms with Crippen LogP contribution in [0.5, 0.6) is 0 Å². The second-order valence-electron chi connectivity index (χ2n) is 9.29. The number of hydrogen-bond donors (Lipinski definition) is 1. The highest BCUT2D eigenvalue weighted by Crippen LogP contribution is 2.30. The van der Waals surface area contributed by atoms with Crippen LogP contribution in [0.4, 0.5) is 4.39 Å². The summed E-state index contributed by atoms with van der Waals surface area (Å²) in [4.78, 5) is 29.1. The SMILES string of the molecule is CCNC(=O)[C@H](Cc1ccccc1)N(Cc1ccccc1F)C(=O)CC(c1ccccc1)c1ccccc1. The van der Waals surface area contributed by atoms with Gasteiger partial charge < -0.3 is 10.2 Å². The number of benzene rings is 4. The van der Waals surface area contributed by atoms with Crippen molar-refractivity contribution in [2.24, 2.45) is 0 Å². The molecular formula is C33H33FN2O2. The van der Waals surface area contributed by atoms with Gasteiger partial charge in [0, 0.05) is 37.4 Å². The molecule has 0 aliphatic rings. The van der Waals surface area contributed by atoms with Crippen molar-refractivity contribution in [2.45, 2.75) is 38.3 Å². The van der Waals surface area contributed by atoms with Crippen molar-refractivity contribution >= 4 is 11.8 Å². The van der Waals surface area contributed by atoms with E-state index >= 15 is 0 Å². The summed E-state index contributed by atoms with van der Waals surface area (Å²) < 4.78 is 14.8. The molecule has 194 valence electrons. The highest BCUT2D eigenvalue weighted by Gasteiger charge is 2.32. The van der Waals surface area contributed by atoms with Gasteiger partial charge in [-0.15, -0.1) is 0 Å². The number of likely N-dealkylation sites (N-methyl/N-ethyl adjacent to an activating group) is 1. The second-order valence-corrected chi connectivity index (χ2v) is 9.29. The Kier molecular flexibility index (Phi) is 9.41. The van der Waals surface area contributed by atoms with Crippen LogP contribution in [0.3, 0.4) is 0 Å². The molecule has 4 aromatic carbocycles. The average molecular weight is 509 g/mol. The van der Waals surface area contributed by atoms with Gasteiger partial charge >= 0.3 is 0 Å². The summed E-state index contributed by atoms with van der Waals surface area (Å²) in [5, 5.41) is 2.89. The minimum atomic E-state index is -0.795. The number of halogens is 1. The van der Waals surface area contributed by atoms with Crippen molar-refractivity contribution < 1.29 is 14.0 Å². The van der Waals surface area contributed by atoms with Crippen molar-refractivity contribution in [1.82, 2.24) is 10.2 Å². The largest absolute Gasteiger partial charge is 0.355 e. The standard InChI is InChI=1S/C33H33FN2O2/c1-2-35-33(38)31(22-25-14-6-3-7-15-25)36(24-28-20-12-13-21-30(28)34)32(37)23-29(26-16-8-4-9-17-26)27-18-10-5-11-19-27/h3-21,29,31H,2,22-24H2,1H3,(H,35,38)/t31-/m0/s1. The molecule has 2 amide bonds. The lowest BCUT2D eigenvalue weighted by atomic mass is 9.87. The van der Waals surface area contributed by atoms with Crippen LogP contribution in [0.1, 0.15) is 41.5 Å². The fourth-order valence-corrected chi connectivity index (χ4v) is 4.75. The van der Waals surface area contributed by atoms with Crippen LogP contribution < -0.4 is 5.32 Å². The Balaban J connectivity index is 1.73. The number of carbonyl (C=O) groups excluding carboxylic acids is 2. The molecular weight excluding hydrogens is 475 g/mol. The van der Waals surface area contributed by atoms with Gasteiger partial charge in [0.25, 0.3) is 0 Å². The minimum absolute atomic E-state index is 0.00353. The van der Waals surface area contributed by atoms with Crippen molar-refractivity contribution in [3.8, 4) is 0 Å². The summed E-state index contributed by atoms with van der Waals surface area (Å²) in [7, 11) is 0. The molecule has 0 aliphatic heterocycles. The summed E-state index contributed by atoms with van der Waals surface area (Å²) >= 11 is 0. The molecule has 4 aromatic rings. The molecule has 0 saturated carbocycles. The number of rotatable bonds is 11. The summed E-state index contributed by atoms with van der Waals surface area (Å²) in [6, 6.07) is 35.0. The highest BCUT2D eigenvalue weighted by atomic mass is 19.1. The van der Waals surface area contributed by atoms with Crippen LogP contribution in [-0.2, 0) is 22.6 Å². The number of nitrogens with one attached hydrogen (secondary N) is 1. The lowest BCUT2D eigenvalue weighted by molar-refractivity contribution is -0.141. The Bertz CT molecular complexity index is 1270. The molecule has 4 rings (SSSR count). The topological polar surface area (TPSA) is 49.4 Å². The van der Waals surface area contributed by atoms with Crippen molar-refractivity contribution in [1.29, 1.82) is 0 Å². The summed E-state index contributed by atoms with van der Waals surface area (Å²) in [5.41, 5.74) is 3.32. The number of nitrogens with zero attached hydrogens (tertiary/aromatic N) is 1. The number of hydrogen-bond acceptors (Lipinski definition) is 2. The molecule has 1 N–H and O–H groups in total. The van der Waals surface area contributed by atoms with Gasteiger partial charge in [-0.05, 0) is 29.7 Å². The Morgan fingerprint density at radius 1 is 0.763 bits per heavy atom. The molecule has 0 heterocycles. The Hall–Kier alpha value is -4.25. The van der Waals surface area contributed by atoms with Crippen molar-refractivity contribution in [2.75, 3.05) is 6.54 Å². The fourth-order valence-electron chi connectivity index (χ4n) is 4.75. The molecule has 0 saturated heterocycles. The van der Waals surface area contributed by atoms with E-state index in [4.69, 9.17) is 0 Å². The molecule has 1 atom stereocenters. The highest BCUT2D eigenvalue weighted by molar-refractivity contribution is 5.88. The minimum Gasteiger partial charge on any atom is -0.355 e. The third kappa shape index (κ3) is 6.94. The van der Waals surface area contributed by atoms with Crippen LogP contribution >= 0.6 is 0 Å². The van der Waals surface area contributed by atoms with E-state index in [1.54, 1.807) is 23.1 Å². The van der Waals surface area contributed by atoms with Crippen molar-refractivity contribution in [3.63, 3.8) is 0 Å². The van der Waals surface area contributed by atoms with Crippen LogP contribution in [0.15, 0.2) is 115 Å². The van der Waals surface area contributed by atoms with E-state index in [1.807, 2.05) is 97.9 Å². The first kappa shape index (κ1) is 26.8. The van der Waals surface area contributed by atoms with Gasteiger partial charge in [-0.2, -0.15) is 0 Å². The number of carbonyl (C=O) groups is 2. The summed E-state index contributed by atoms with van der Waals surface area (Å²) in [5.74, 6) is -1.07. The maximum absolute atomic E-state index is 14.8. The van der Waals surface area contributed by atoms with Gasteiger partial charge in [0.15, 0.2) is 0 Å². The van der Waals surface area contributed by atoms with E-state index in [-0.39, 0.29) is 30.7 Å². The third-order valence-electron chi connectivity index (χ3n) is 6.70. The van der Waals surface area contributed by atoms with Gasteiger partial charge in [0.05, 0.1) is 0 Å². The van der Waals surface area contributed by atoms with Crippen LogP contribution in [-0.4, -0.2) is 29.3 Å². The van der Waals surface area contributed by atoms with E-state index < -0.39 is 11.9 Å². The molecule has 4 nitrogen and oxygen atoms in total. The molecule has 0 unspecified atom stereocenters. The van der Waals surface area contributed by atoms with Crippen LogP contribution in [0.2, 0.25) is 0 Å². The van der Waals surface area contributed by atoms with E-state index in [9.17, 15) is 14.0 Å². The van der Waals surface area contributed by atoms with E-state index in [2.05, 4.69) is 5.32 Å². The van der Waals surface area contributed by atoms with E-state index in [0.29, 0.717) is 18.5 Å². The van der Waals surface area contributed by atoms with Gasteiger partial charge in [-0.25, -0.2) is 4.39 Å². The molecule has 0 bridgehead atoms. The Labute approximate surface area is 224 Å². The predicted octanol–water partition coefficient (Wildman–Crippen LogP) is 6.12. The van der Waals surface area contributed by atoms with E-state index in [0.717, 1.165) is 16.7 Å². The molecule has 0 radical (unpaired) electrons. The molecule has 0 spiro atoms. The monoisotopic (exact) mass is 508 g/mol. The van der Waals surface area contributed by atoms with Crippen LogP contribution in [0.25, 0.3) is 0 Å². The van der Waals surface area contributed by atoms with Gasteiger partial charge in [0.2, 0.25) is 11.8 Å². The van der Waals surface area contributed by atoms with Crippen LogP contribution in [0, 0.1) is 5.82 Å². The maximum Gasteiger partial charge on any atom is 0.243 e. The zero-order chi connectivity index (χ0) is 26.7. The smallest absolute Gasteiger partial charge is 0.243 e. The molecule has 0 fully saturated rings. The normalized spacial score (nSPS) is 11.7. The molecule has 0 aliphatic carbocycles. The first-order chi connectivity index (χ1) is 18.6. The molecule has 0 aromatic heterocycles. The molecule has 38 heavy (non-hydrogen) atoms. The Morgan fingerprint density at radius 3 is 1.84 bits per heavy atom. The molecule has 5 heteroatoms. The Morgan fingerprint density at radius 2 is 1.29 bits per heavy atom. The van der Waals surface area contributed by atoms with Gasteiger partial charge in [0.1, 0.15) is 11.9 Å². The van der Waals surface area contributed by atoms with E-state index in [1.165, 1.54) is 6.07 Å². The lowest BCUT2D eigenvalue weighted by Crippen LogP contribution is -2.50. The second kappa shape index (κ2) is 13.3. The average Bonchev–Trinajstić information content (AvgIpc) is 2.96. The lowest BCUT2D eigenvalue weighted by Gasteiger charge is -2.33. The van der Waals surface area contributed by atoms with Crippen molar-refractivity contribution in [3.05, 3.63) is 143 Å². The van der Waals surface area contributed by atoms with Gasteiger partial charge in [-0.3, -0.25) is 9.59 Å². The maximum atomic E-state index is 14.8. The first-order valence-corrected chi connectivity index (χ1v) is 13.0.